The third-order valence-corrected chi connectivity index (χ3v) is 20.9. The maximum atomic E-state index is 14.3. The third kappa shape index (κ3) is 19.0. The molecule has 14 N–H and O–H groups in total. The summed E-state index contributed by atoms with van der Waals surface area (Å²) in [7, 11) is 0. The summed E-state index contributed by atoms with van der Waals surface area (Å²) in [6, 6.07) is 9.38. The number of cyclic esters (lactones) is 1. The van der Waals surface area contributed by atoms with Gasteiger partial charge in [0, 0.05) is 87.5 Å². The highest BCUT2D eigenvalue weighted by atomic mass is 32.2. The fourth-order valence-corrected chi connectivity index (χ4v) is 15.1. The number of hydrogen-bond acceptors (Lipinski definition) is 25. The van der Waals surface area contributed by atoms with E-state index in [-0.39, 0.29) is 130 Å². The number of carbonyl (C=O) groups is 12. The summed E-state index contributed by atoms with van der Waals surface area (Å²) in [6.45, 7) is 8.67. The largest absolute Gasteiger partial charge is 0.486 e. The number of amides is 11. The van der Waals surface area contributed by atoms with Crippen molar-refractivity contribution in [2.75, 3.05) is 24.2 Å². The standard InChI is InChI=1S/C68H70N16O15S5/c1-32(2)53(82-48(86)13-6-5-7-23-84-50(87)20-21-51(84)88)62(94)77-40(12-9-22-72-68(71)97)59(91)74-37-16-14-35(15-17-37)25-98-47-24-38(63-80-42(28-101-63)58(70)90)55(83-56(47)65-81-44(30-103-65)60(92)73-34(4)57(69)89)41-27-102-64(79-41)45-31-104-67(96)54-33(3)52-36(10-8-11-39(52)76-54)26-99-66(95)46(85)18-19-49-75-43(29-100-49)61(93)78-45/h8,10-11,14-17,20-21,24,27-30,32,40,45-46,53,76,85H,4-7,9,12-13,18-19,22-23,25-26,31H2,1-3H3,(H2,69,89)(H2,70,90)(H,73,92)(H,74,91)(H,77,94)(H,78,93)(H,82,86)(H3,71,72,97)/t40-,45-,46-,53-/m0/s1. The van der Waals surface area contributed by atoms with Crippen molar-refractivity contribution < 1.29 is 72.1 Å². The number of urea groups is 1. The molecule has 0 unspecified atom stereocenters. The lowest BCUT2D eigenvalue weighted by molar-refractivity contribution is -0.155. The number of pyridine rings is 1. The SMILES string of the molecule is C=C(NC(=O)c1csc(-c2nc(-c3csc([C@@H]4CSC(=O)c5[nH]c6cccc(c6c5C)COC(=O)[C@@H](O)CCc5nc(cs5)C(=O)N4)n3)c(-c3nc(C(N)=O)cs3)cc2OCc2ccc(NC(=O)[C@H](CCCNC(N)=O)NC(=O)[C@@H](NC(=O)CCCCCN3C(=O)C=CC3=O)C(C)C)cc2)n1)C(N)=O. The number of aryl methyl sites for hydroxylation is 2. The van der Waals surface area contributed by atoms with E-state index in [2.05, 4.69) is 58.4 Å². The number of nitrogens with two attached hydrogens (primary N) is 3. The summed E-state index contributed by atoms with van der Waals surface area (Å²) in [5.41, 5.74) is 19.4. The van der Waals surface area contributed by atoms with Gasteiger partial charge < -0.3 is 68.7 Å². The zero-order valence-electron chi connectivity index (χ0n) is 56.0. The van der Waals surface area contributed by atoms with E-state index in [4.69, 9.17) is 36.6 Å². The summed E-state index contributed by atoms with van der Waals surface area (Å²) in [5, 5.41) is 34.4. The first-order valence-electron chi connectivity index (χ1n) is 32.4. The number of benzene rings is 2. The fourth-order valence-electron chi connectivity index (χ4n) is 10.8. The summed E-state index contributed by atoms with van der Waals surface area (Å²) in [4.78, 5) is 184. The van der Waals surface area contributed by atoms with Gasteiger partial charge in [-0.25, -0.2) is 34.5 Å². The summed E-state index contributed by atoms with van der Waals surface area (Å²) < 4.78 is 12.1. The van der Waals surface area contributed by atoms with Gasteiger partial charge in [-0.15, -0.1) is 45.3 Å². The Morgan fingerprint density at radius 3 is 2.26 bits per heavy atom. The van der Waals surface area contributed by atoms with Crippen LogP contribution in [0.2, 0.25) is 0 Å². The molecule has 31 nitrogen and oxygen atoms in total. The van der Waals surface area contributed by atoms with Crippen LogP contribution >= 0.6 is 57.1 Å². The number of carbonyl (C=O) groups excluding carboxylic acids is 12. The van der Waals surface area contributed by atoms with Gasteiger partial charge >= 0.3 is 12.0 Å². The van der Waals surface area contributed by atoms with Crippen LogP contribution < -0.4 is 53.8 Å². The third-order valence-electron chi connectivity index (χ3n) is 16.3. The van der Waals surface area contributed by atoms with Gasteiger partial charge in [-0.2, -0.15) is 0 Å². The summed E-state index contributed by atoms with van der Waals surface area (Å²) in [5.74, 6) is -6.96. The van der Waals surface area contributed by atoms with E-state index >= 15 is 0 Å². The molecule has 2 aliphatic rings. The van der Waals surface area contributed by atoms with Crippen molar-refractivity contribution in [3.05, 3.63) is 144 Å². The number of thiazole rings is 4. The molecule has 0 saturated carbocycles. The van der Waals surface area contributed by atoms with Crippen molar-refractivity contribution in [2.24, 2.45) is 23.1 Å². The van der Waals surface area contributed by atoms with Crippen molar-refractivity contribution >= 4 is 144 Å². The number of nitrogens with zero attached hydrogens (tertiary/aromatic N) is 6. The number of H-pyrrole nitrogens is 1. The second kappa shape index (κ2) is 34.4. The number of anilines is 1. The van der Waals surface area contributed by atoms with E-state index < -0.39 is 101 Å². The molecule has 0 saturated heterocycles. The summed E-state index contributed by atoms with van der Waals surface area (Å²) in [6.07, 6.45) is 2.76. The first kappa shape index (κ1) is 75.7. The Labute approximate surface area is 613 Å². The molecule has 542 valence electrons. The van der Waals surface area contributed by atoms with E-state index in [1.807, 2.05) is 0 Å². The zero-order chi connectivity index (χ0) is 74.5. The van der Waals surface area contributed by atoms with Gasteiger partial charge in [-0.05, 0) is 85.9 Å². The molecule has 104 heavy (non-hydrogen) atoms. The van der Waals surface area contributed by atoms with Crippen molar-refractivity contribution in [2.45, 2.75) is 110 Å². The van der Waals surface area contributed by atoms with Crippen LogP contribution in [0.25, 0.3) is 43.6 Å². The van der Waals surface area contributed by atoms with Gasteiger partial charge in [0.05, 0.1) is 22.4 Å². The number of unbranched alkanes of at least 4 members (excludes halogenated alkanes) is 2. The molecule has 10 rings (SSSR count). The monoisotopic (exact) mass is 1510 g/mol. The Bertz CT molecular complexity index is 4690. The van der Waals surface area contributed by atoms with Crippen LogP contribution in [-0.4, -0.2) is 147 Å². The van der Waals surface area contributed by atoms with Gasteiger partial charge in [0.2, 0.25) is 22.8 Å². The number of ether oxygens (including phenoxy) is 2. The number of aliphatic hydroxyl groups excluding tert-OH is 1. The number of nitrogens with one attached hydrogen (secondary N) is 7. The quantitative estimate of drug-likeness (QED) is 0.0122. The molecular formula is C68H70N16O15S5. The number of aliphatic hydroxyl groups is 1. The molecule has 2 aromatic carbocycles. The molecule has 11 amide bonds. The lowest BCUT2D eigenvalue weighted by atomic mass is 10.0. The van der Waals surface area contributed by atoms with E-state index in [1.165, 1.54) is 28.3 Å². The van der Waals surface area contributed by atoms with Gasteiger partial charge in [0.1, 0.15) is 80.2 Å². The van der Waals surface area contributed by atoms with Crippen LogP contribution in [0.4, 0.5) is 10.5 Å². The Hall–Kier alpha value is -10.9. The lowest BCUT2D eigenvalue weighted by Crippen LogP contribution is -2.54. The number of fused-ring (bicyclic) bond motifs is 3. The minimum atomic E-state index is -1.49. The number of aromatic amines is 1. The second-order valence-corrected chi connectivity index (χ2v) is 28.7. The number of imide groups is 1. The predicted octanol–water partition coefficient (Wildman–Crippen LogP) is 6.00. The number of aromatic nitrogens is 6. The Morgan fingerprint density at radius 1 is 0.808 bits per heavy atom. The fraction of sp³-hybridized carbons (Fsp3) is 0.309. The number of esters is 1. The van der Waals surface area contributed by atoms with E-state index in [1.54, 1.807) is 74.7 Å². The lowest BCUT2D eigenvalue weighted by Gasteiger charge is -2.25. The maximum Gasteiger partial charge on any atom is 0.335 e. The van der Waals surface area contributed by atoms with Crippen molar-refractivity contribution in [1.29, 1.82) is 0 Å². The van der Waals surface area contributed by atoms with Gasteiger partial charge in [-0.1, -0.05) is 62.9 Å². The first-order chi connectivity index (χ1) is 49.8. The highest BCUT2D eigenvalue weighted by Crippen LogP contribution is 2.42. The van der Waals surface area contributed by atoms with Gasteiger partial charge in [0.25, 0.3) is 35.4 Å². The molecule has 36 heteroatoms. The molecule has 0 radical (unpaired) electrons. The number of rotatable bonds is 27. The van der Waals surface area contributed by atoms with Crippen LogP contribution in [-0.2, 0) is 57.9 Å². The number of hydrogen-bond donors (Lipinski definition) is 11. The molecule has 6 aromatic heterocycles. The number of thioether (sulfide) groups is 1. The predicted molar refractivity (Wildman–Crippen MR) is 387 cm³/mol. The minimum Gasteiger partial charge on any atom is -0.486 e. The first-order valence-corrected chi connectivity index (χ1v) is 36.9. The van der Waals surface area contributed by atoms with Crippen molar-refractivity contribution in [3.63, 3.8) is 0 Å². The normalized spacial score (nSPS) is 15.5. The topological polar surface area (TPSA) is 477 Å². The Kier molecular flexibility index (Phi) is 25.0. The van der Waals surface area contributed by atoms with E-state index in [0.29, 0.717) is 62.6 Å². The smallest absolute Gasteiger partial charge is 0.335 e. The number of primary amides is 3. The Morgan fingerprint density at radius 2 is 1.54 bits per heavy atom. The van der Waals surface area contributed by atoms with Crippen LogP contribution in [0, 0.1) is 12.8 Å². The molecule has 0 aliphatic carbocycles. The van der Waals surface area contributed by atoms with Gasteiger partial charge in [0.15, 0.2) is 6.10 Å². The van der Waals surface area contributed by atoms with E-state index in [9.17, 15) is 62.6 Å². The molecule has 0 spiro atoms. The average molecular weight is 1510 g/mol. The van der Waals surface area contributed by atoms with Crippen molar-refractivity contribution in [1.82, 2.24) is 61.4 Å². The highest BCUT2D eigenvalue weighted by molar-refractivity contribution is 8.14. The minimum absolute atomic E-state index is 0.0272. The summed E-state index contributed by atoms with van der Waals surface area (Å²) >= 11 is 5.22. The van der Waals surface area contributed by atoms with Crippen LogP contribution in [0.5, 0.6) is 5.75 Å². The molecule has 0 fully saturated rings. The van der Waals surface area contributed by atoms with E-state index in [0.717, 1.165) is 62.0 Å². The average Bonchev–Trinajstić information content (AvgIpc) is 1.80. The molecule has 4 bridgehead atoms. The molecule has 8 aromatic rings. The zero-order valence-corrected chi connectivity index (χ0v) is 60.1. The molecule has 4 atom stereocenters. The van der Waals surface area contributed by atoms with Gasteiger partial charge in [-0.3, -0.25) is 52.8 Å². The highest BCUT2D eigenvalue weighted by Gasteiger charge is 2.32. The van der Waals surface area contributed by atoms with Crippen LogP contribution in [0.3, 0.4) is 0 Å². The maximum absolute atomic E-state index is 14.3. The van der Waals surface area contributed by atoms with Crippen molar-refractivity contribution in [3.8, 4) is 38.4 Å². The second-order valence-electron chi connectivity index (χ2n) is 24.1. The Balaban J connectivity index is 0.924. The van der Waals surface area contributed by atoms with Crippen LogP contribution in [0.15, 0.2) is 94.5 Å². The molecule has 2 aliphatic heterocycles. The molecule has 8 heterocycles. The molecular weight excluding hydrogens is 1440 g/mol. The van der Waals surface area contributed by atoms with Crippen LogP contribution in [0.1, 0.15) is 133 Å².